The fraction of sp³-hybridized carbons (Fsp3) is 0.385. The number of hydrogen-bond acceptors (Lipinski definition) is 2. The SMILES string of the molecule is CC(C)(C#N)CNC(=O)c1ccc(Br)c(C(F)(F)F)c1. The van der Waals surface area contributed by atoms with Crippen LogP contribution in [0.2, 0.25) is 0 Å². The summed E-state index contributed by atoms with van der Waals surface area (Å²) in [5, 5.41) is 11.3. The number of nitrogens with one attached hydrogen (secondary N) is 1. The number of carbonyl (C=O) groups is 1. The monoisotopic (exact) mass is 348 g/mol. The van der Waals surface area contributed by atoms with Gasteiger partial charge in [-0.3, -0.25) is 4.79 Å². The molecule has 0 radical (unpaired) electrons. The van der Waals surface area contributed by atoms with E-state index in [2.05, 4.69) is 21.2 Å². The summed E-state index contributed by atoms with van der Waals surface area (Å²) in [6.07, 6.45) is -4.54. The van der Waals surface area contributed by atoms with Crippen LogP contribution in [-0.2, 0) is 6.18 Å². The first-order valence-electron chi connectivity index (χ1n) is 5.63. The quantitative estimate of drug-likeness (QED) is 0.904. The molecule has 1 aromatic carbocycles. The van der Waals surface area contributed by atoms with Crippen LogP contribution in [0.25, 0.3) is 0 Å². The molecule has 0 saturated carbocycles. The third-order valence-corrected chi connectivity index (χ3v) is 3.22. The van der Waals surface area contributed by atoms with E-state index < -0.39 is 23.1 Å². The zero-order valence-electron chi connectivity index (χ0n) is 10.8. The first-order valence-corrected chi connectivity index (χ1v) is 6.42. The number of rotatable bonds is 3. The molecule has 0 aromatic heterocycles. The number of halogens is 4. The van der Waals surface area contributed by atoms with Crippen molar-refractivity contribution in [2.24, 2.45) is 5.41 Å². The van der Waals surface area contributed by atoms with Gasteiger partial charge >= 0.3 is 6.18 Å². The van der Waals surface area contributed by atoms with Crippen molar-refractivity contribution in [3.05, 3.63) is 33.8 Å². The second-order valence-electron chi connectivity index (χ2n) is 4.87. The number of alkyl halides is 3. The van der Waals surface area contributed by atoms with Crippen LogP contribution < -0.4 is 5.32 Å². The summed E-state index contributed by atoms with van der Waals surface area (Å²) in [6, 6.07) is 5.23. The van der Waals surface area contributed by atoms with Crippen molar-refractivity contribution in [3.8, 4) is 6.07 Å². The molecule has 1 amide bonds. The Balaban J connectivity index is 2.94. The maximum atomic E-state index is 12.7. The highest BCUT2D eigenvalue weighted by atomic mass is 79.9. The first-order chi connectivity index (χ1) is 9.07. The zero-order valence-corrected chi connectivity index (χ0v) is 12.4. The first kappa shape index (κ1) is 16.5. The van der Waals surface area contributed by atoms with E-state index in [-0.39, 0.29) is 16.6 Å². The van der Waals surface area contributed by atoms with Crippen LogP contribution in [-0.4, -0.2) is 12.5 Å². The molecule has 1 rings (SSSR count). The van der Waals surface area contributed by atoms with Crippen molar-refractivity contribution in [1.29, 1.82) is 5.26 Å². The molecule has 0 bridgehead atoms. The molecule has 0 fully saturated rings. The second kappa shape index (κ2) is 5.83. The highest BCUT2D eigenvalue weighted by Gasteiger charge is 2.33. The van der Waals surface area contributed by atoms with Gasteiger partial charge in [0.05, 0.1) is 17.0 Å². The Labute approximate surface area is 122 Å². The summed E-state index contributed by atoms with van der Waals surface area (Å²) < 4.78 is 38.0. The van der Waals surface area contributed by atoms with Gasteiger partial charge in [-0.25, -0.2) is 0 Å². The number of benzene rings is 1. The lowest BCUT2D eigenvalue weighted by molar-refractivity contribution is -0.138. The minimum atomic E-state index is -4.54. The van der Waals surface area contributed by atoms with Gasteiger partial charge in [-0.05, 0) is 32.0 Å². The minimum Gasteiger partial charge on any atom is -0.350 e. The summed E-state index contributed by atoms with van der Waals surface area (Å²) in [6.45, 7) is 3.30. The van der Waals surface area contributed by atoms with Crippen LogP contribution in [0, 0.1) is 16.7 Å². The van der Waals surface area contributed by atoms with Crippen LogP contribution in [0.3, 0.4) is 0 Å². The Morgan fingerprint density at radius 1 is 1.40 bits per heavy atom. The van der Waals surface area contributed by atoms with E-state index in [9.17, 15) is 18.0 Å². The van der Waals surface area contributed by atoms with Gasteiger partial charge in [0, 0.05) is 16.6 Å². The maximum absolute atomic E-state index is 12.7. The van der Waals surface area contributed by atoms with E-state index in [0.29, 0.717) is 0 Å². The normalized spacial score (nSPS) is 11.8. The highest BCUT2D eigenvalue weighted by Crippen LogP contribution is 2.35. The summed E-state index contributed by atoms with van der Waals surface area (Å²) in [4.78, 5) is 11.8. The lowest BCUT2D eigenvalue weighted by Crippen LogP contribution is -2.33. The molecule has 0 unspecified atom stereocenters. The predicted octanol–water partition coefficient (Wildman–Crippen LogP) is 3.75. The van der Waals surface area contributed by atoms with Crippen LogP contribution >= 0.6 is 15.9 Å². The Morgan fingerprint density at radius 3 is 2.50 bits per heavy atom. The number of amides is 1. The average Bonchev–Trinajstić information content (AvgIpc) is 2.35. The van der Waals surface area contributed by atoms with Gasteiger partial charge in [-0.15, -0.1) is 0 Å². The summed E-state index contributed by atoms with van der Waals surface area (Å²) >= 11 is 2.80. The Hall–Kier alpha value is -1.55. The van der Waals surface area contributed by atoms with Crippen molar-refractivity contribution in [2.75, 3.05) is 6.54 Å². The molecular weight excluding hydrogens is 337 g/mol. The number of nitrogens with zero attached hydrogens (tertiary/aromatic N) is 1. The molecule has 1 N–H and O–H groups in total. The van der Waals surface area contributed by atoms with Gasteiger partial charge in [0.1, 0.15) is 0 Å². The minimum absolute atomic E-state index is 0.0553. The van der Waals surface area contributed by atoms with Crippen molar-refractivity contribution >= 4 is 21.8 Å². The number of nitriles is 1. The fourth-order valence-electron chi connectivity index (χ4n) is 1.33. The molecule has 20 heavy (non-hydrogen) atoms. The number of carbonyl (C=O) groups excluding carboxylic acids is 1. The van der Waals surface area contributed by atoms with Gasteiger partial charge in [-0.1, -0.05) is 15.9 Å². The molecule has 0 saturated heterocycles. The van der Waals surface area contributed by atoms with E-state index in [1.54, 1.807) is 13.8 Å². The molecule has 0 heterocycles. The third-order valence-electron chi connectivity index (χ3n) is 2.53. The topological polar surface area (TPSA) is 52.9 Å². The molecule has 0 spiro atoms. The molecule has 108 valence electrons. The molecular formula is C13H12BrF3N2O. The van der Waals surface area contributed by atoms with E-state index in [0.717, 1.165) is 6.07 Å². The summed E-state index contributed by atoms with van der Waals surface area (Å²) in [7, 11) is 0. The Bertz CT molecular complexity index is 562. The van der Waals surface area contributed by atoms with E-state index in [1.165, 1.54) is 12.1 Å². The smallest absolute Gasteiger partial charge is 0.350 e. The summed E-state index contributed by atoms with van der Waals surface area (Å²) in [5.74, 6) is -0.647. The van der Waals surface area contributed by atoms with Crippen LogP contribution in [0.1, 0.15) is 29.8 Å². The van der Waals surface area contributed by atoms with E-state index in [4.69, 9.17) is 5.26 Å². The zero-order chi connectivity index (χ0) is 15.6. The molecule has 7 heteroatoms. The van der Waals surface area contributed by atoms with Crippen molar-refractivity contribution in [2.45, 2.75) is 20.0 Å². The van der Waals surface area contributed by atoms with E-state index >= 15 is 0 Å². The average molecular weight is 349 g/mol. The van der Waals surface area contributed by atoms with Gasteiger partial charge < -0.3 is 5.32 Å². The molecule has 1 aromatic rings. The molecule has 0 aliphatic heterocycles. The third kappa shape index (κ3) is 4.23. The van der Waals surface area contributed by atoms with Gasteiger partial charge in [0.2, 0.25) is 0 Å². The van der Waals surface area contributed by atoms with Crippen molar-refractivity contribution in [3.63, 3.8) is 0 Å². The van der Waals surface area contributed by atoms with Gasteiger partial charge in [0.15, 0.2) is 0 Å². The van der Waals surface area contributed by atoms with Gasteiger partial charge in [0.25, 0.3) is 5.91 Å². The lowest BCUT2D eigenvalue weighted by Gasteiger charge is -2.16. The molecule has 3 nitrogen and oxygen atoms in total. The summed E-state index contributed by atoms with van der Waals surface area (Å²) in [5.41, 5.74) is -1.79. The molecule has 0 aliphatic carbocycles. The van der Waals surface area contributed by atoms with Crippen molar-refractivity contribution < 1.29 is 18.0 Å². The Morgan fingerprint density at radius 2 is 2.00 bits per heavy atom. The van der Waals surface area contributed by atoms with E-state index in [1.807, 2.05) is 6.07 Å². The molecule has 0 aliphatic rings. The highest BCUT2D eigenvalue weighted by molar-refractivity contribution is 9.10. The standard InChI is InChI=1S/C13H12BrF3N2O/c1-12(2,6-18)7-19-11(20)8-3-4-10(14)9(5-8)13(15,16)17/h3-5H,7H2,1-2H3,(H,19,20). The fourth-order valence-corrected chi connectivity index (χ4v) is 1.80. The predicted molar refractivity (Wildman–Crippen MR) is 70.9 cm³/mol. The van der Waals surface area contributed by atoms with Crippen LogP contribution in [0.5, 0.6) is 0 Å². The maximum Gasteiger partial charge on any atom is 0.417 e. The molecule has 0 atom stereocenters. The van der Waals surface area contributed by atoms with Crippen LogP contribution in [0.4, 0.5) is 13.2 Å². The van der Waals surface area contributed by atoms with Crippen molar-refractivity contribution in [1.82, 2.24) is 5.32 Å². The Kier molecular flexibility index (Phi) is 4.81. The van der Waals surface area contributed by atoms with Gasteiger partial charge in [-0.2, -0.15) is 18.4 Å². The van der Waals surface area contributed by atoms with Crippen LogP contribution in [0.15, 0.2) is 22.7 Å². The second-order valence-corrected chi connectivity index (χ2v) is 5.73. The number of hydrogen-bond donors (Lipinski definition) is 1. The largest absolute Gasteiger partial charge is 0.417 e. The lowest BCUT2D eigenvalue weighted by atomic mass is 9.96.